The van der Waals surface area contributed by atoms with Gasteiger partial charge in [0.15, 0.2) is 0 Å². The summed E-state index contributed by atoms with van der Waals surface area (Å²) in [6.45, 7) is 3.93. The number of hydrogen-bond acceptors (Lipinski definition) is 4. The van der Waals surface area contributed by atoms with Crippen molar-refractivity contribution >= 4 is 6.29 Å². The van der Waals surface area contributed by atoms with Crippen LogP contribution in [0.15, 0.2) is 30.6 Å². The van der Waals surface area contributed by atoms with Crippen LogP contribution in [0.5, 0.6) is 11.8 Å². The molecule has 0 aliphatic carbocycles. The molecule has 4 heteroatoms. The van der Waals surface area contributed by atoms with Crippen LogP contribution in [0.3, 0.4) is 0 Å². The summed E-state index contributed by atoms with van der Waals surface area (Å²) in [6.07, 6.45) is 4.60. The molecule has 1 aromatic heterocycles. The molecule has 92 valence electrons. The first-order valence-corrected chi connectivity index (χ1v) is 5.69. The van der Waals surface area contributed by atoms with Gasteiger partial charge in [-0.1, -0.05) is 0 Å². The van der Waals surface area contributed by atoms with Crippen molar-refractivity contribution in [2.24, 2.45) is 0 Å². The van der Waals surface area contributed by atoms with Crippen molar-refractivity contribution in [3.8, 4) is 11.8 Å². The van der Waals surface area contributed by atoms with Crippen LogP contribution in [0, 0.1) is 13.8 Å². The molecule has 0 atom stereocenters. The molecule has 18 heavy (non-hydrogen) atoms. The van der Waals surface area contributed by atoms with Gasteiger partial charge in [-0.15, -0.1) is 0 Å². The molecule has 4 nitrogen and oxygen atoms in total. The van der Waals surface area contributed by atoms with Gasteiger partial charge in [0, 0.05) is 18.8 Å². The van der Waals surface area contributed by atoms with E-state index < -0.39 is 0 Å². The number of carbonyl (C=O) groups is 1. The molecule has 2 rings (SSSR count). The lowest BCUT2D eigenvalue weighted by molar-refractivity contribution is -0.107. The highest BCUT2D eigenvalue weighted by Gasteiger charge is 2.07. The molecule has 0 amide bonds. The van der Waals surface area contributed by atoms with Gasteiger partial charge in [-0.2, -0.15) is 0 Å². The van der Waals surface area contributed by atoms with Crippen molar-refractivity contribution < 1.29 is 9.53 Å². The molecule has 1 aromatic carbocycles. The summed E-state index contributed by atoms with van der Waals surface area (Å²) in [7, 11) is 0. The van der Waals surface area contributed by atoms with Crippen molar-refractivity contribution in [1.29, 1.82) is 0 Å². The Labute approximate surface area is 106 Å². The number of aromatic nitrogens is 2. The largest absolute Gasteiger partial charge is 0.424 e. The van der Waals surface area contributed by atoms with E-state index in [0.29, 0.717) is 18.2 Å². The number of ether oxygens (including phenoxy) is 1. The summed E-state index contributed by atoms with van der Waals surface area (Å²) >= 11 is 0. The lowest BCUT2D eigenvalue weighted by atomic mass is 10.0. The van der Waals surface area contributed by atoms with Crippen LogP contribution in [-0.4, -0.2) is 16.3 Å². The Morgan fingerprint density at radius 2 is 1.78 bits per heavy atom. The zero-order chi connectivity index (χ0) is 13.0. The van der Waals surface area contributed by atoms with Gasteiger partial charge in [0.25, 0.3) is 0 Å². The fourth-order valence-corrected chi connectivity index (χ4v) is 1.86. The van der Waals surface area contributed by atoms with E-state index in [1.165, 1.54) is 0 Å². The predicted molar refractivity (Wildman–Crippen MR) is 67.8 cm³/mol. The third-order valence-electron chi connectivity index (χ3n) is 2.71. The van der Waals surface area contributed by atoms with E-state index in [9.17, 15) is 4.79 Å². The van der Waals surface area contributed by atoms with E-state index in [1.807, 2.05) is 26.0 Å². The maximum absolute atomic E-state index is 10.6. The molecular weight excluding hydrogens is 228 g/mol. The molecule has 0 N–H and O–H groups in total. The van der Waals surface area contributed by atoms with Crippen molar-refractivity contribution in [1.82, 2.24) is 9.97 Å². The Kier molecular flexibility index (Phi) is 3.67. The topological polar surface area (TPSA) is 52.1 Å². The first kappa shape index (κ1) is 12.2. The molecular formula is C14H14N2O2. The summed E-state index contributed by atoms with van der Waals surface area (Å²) in [5.74, 6) is 0.686. The second-order valence-electron chi connectivity index (χ2n) is 4.04. The van der Waals surface area contributed by atoms with Crippen LogP contribution >= 0.6 is 0 Å². The monoisotopic (exact) mass is 242 g/mol. The SMILES string of the molecule is Cc1cc(Oc2ncccn2)cc(C)c1CC=O. The highest BCUT2D eigenvalue weighted by molar-refractivity contribution is 5.58. The highest BCUT2D eigenvalue weighted by Crippen LogP contribution is 2.24. The van der Waals surface area contributed by atoms with Crippen LogP contribution in [0.2, 0.25) is 0 Å². The molecule has 0 spiro atoms. The first-order chi connectivity index (χ1) is 8.70. The molecule has 0 unspecified atom stereocenters. The van der Waals surface area contributed by atoms with Gasteiger partial charge in [0.2, 0.25) is 0 Å². The van der Waals surface area contributed by atoms with Gasteiger partial charge in [-0.25, -0.2) is 9.97 Å². The van der Waals surface area contributed by atoms with Crippen LogP contribution < -0.4 is 4.74 Å². The standard InChI is InChI=1S/C14H14N2O2/c1-10-8-12(9-11(2)13(10)4-7-17)18-14-15-5-3-6-16-14/h3,5-9H,4H2,1-2H3. The van der Waals surface area contributed by atoms with Gasteiger partial charge in [0.1, 0.15) is 12.0 Å². The molecule has 2 aromatic rings. The quantitative estimate of drug-likeness (QED) is 0.773. The number of aryl methyl sites for hydroxylation is 2. The summed E-state index contributed by atoms with van der Waals surface area (Å²) in [6, 6.07) is 5.83. The van der Waals surface area contributed by atoms with Crippen molar-refractivity contribution in [2.45, 2.75) is 20.3 Å². The number of aldehydes is 1. The summed E-state index contributed by atoms with van der Waals surface area (Å²) in [4.78, 5) is 18.6. The fourth-order valence-electron chi connectivity index (χ4n) is 1.86. The van der Waals surface area contributed by atoms with E-state index in [2.05, 4.69) is 9.97 Å². The van der Waals surface area contributed by atoms with Gasteiger partial charge in [-0.05, 0) is 48.7 Å². The van der Waals surface area contributed by atoms with Crippen LogP contribution in [-0.2, 0) is 11.2 Å². The zero-order valence-corrected chi connectivity index (χ0v) is 10.4. The minimum atomic E-state index is 0.319. The number of benzene rings is 1. The third kappa shape index (κ3) is 2.71. The van der Waals surface area contributed by atoms with Gasteiger partial charge in [0.05, 0.1) is 0 Å². The van der Waals surface area contributed by atoms with Crippen molar-refractivity contribution in [3.63, 3.8) is 0 Å². The summed E-state index contributed by atoms with van der Waals surface area (Å²) in [5.41, 5.74) is 3.12. The average Bonchev–Trinajstić information content (AvgIpc) is 2.35. The second-order valence-corrected chi connectivity index (χ2v) is 4.04. The normalized spacial score (nSPS) is 10.1. The Morgan fingerprint density at radius 3 is 2.33 bits per heavy atom. The van der Waals surface area contributed by atoms with E-state index >= 15 is 0 Å². The lowest BCUT2D eigenvalue weighted by Gasteiger charge is -2.10. The van der Waals surface area contributed by atoms with Crippen LogP contribution in [0.1, 0.15) is 16.7 Å². The summed E-state index contributed by atoms with van der Waals surface area (Å²) < 4.78 is 5.56. The van der Waals surface area contributed by atoms with Crippen LogP contribution in [0.25, 0.3) is 0 Å². The third-order valence-corrected chi connectivity index (χ3v) is 2.71. The molecule has 0 aliphatic rings. The van der Waals surface area contributed by atoms with E-state index in [-0.39, 0.29) is 0 Å². The van der Waals surface area contributed by atoms with Gasteiger partial charge < -0.3 is 9.53 Å². The molecule has 0 fully saturated rings. The Bertz CT molecular complexity index is 530. The zero-order valence-electron chi connectivity index (χ0n) is 10.4. The molecule has 0 bridgehead atoms. The molecule has 0 saturated carbocycles. The van der Waals surface area contributed by atoms with Crippen molar-refractivity contribution in [3.05, 3.63) is 47.3 Å². The lowest BCUT2D eigenvalue weighted by Crippen LogP contribution is -1.97. The van der Waals surface area contributed by atoms with E-state index in [1.54, 1.807) is 18.5 Å². The number of nitrogens with zero attached hydrogens (tertiary/aromatic N) is 2. The van der Waals surface area contributed by atoms with E-state index in [0.717, 1.165) is 23.0 Å². The Balaban J connectivity index is 2.28. The molecule has 0 saturated heterocycles. The number of hydrogen-bond donors (Lipinski definition) is 0. The maximum atomic E-state index is 10.6. The average molecular weight is 242 g/mol. The second kappa shape index (κ2) is 5.40. The minimum absolute atomic E-state index is 0.319. The summed E-state index contributed by atoms with van der Waals surface area (Å²) in [5, 5.41) is 0. The fraction of sp³-hybridized carbons (Fsp3) is 0.214. The molecule has 1 heterocycles. The van der Waals surface area contributed by atoms with Crippen molar-refractivity contribution in [2.75, 3.05) is 0 Å². The first-order valence-electron chi connectivity index (χ1n) is 5.69. The Hall–Kier alpha value is -2.23. The van der Waals surface area contributed by atoms with E-state index in [4.69, 9.17) is 4.74 Å². The maximum Gasteiger partial charge on any atom is 0.321 e. The number of rotatable bonds is 4. The van der Waals surface area contributed by atoms with Gasteiger partial charge >= 0.3 is 6.01 Å². The molecule has 0 aliphatic heterocycles. The predicted octanol–water partition coefficient (Wildman–Crippen LogP) is 2.63. The Morgan fingerprint density at radius 1 is 1.17 bits per heavy atom. The number of carbonyl (C=O) groups excluding carboxylic acids is 1. The molecule has 0 radical (unpaired) electrons. The highest BCUT2D eigenvalue weighted by atomic mass is 16.5. The minimum Gasteiger partial charge on any atom is -0.424 e. The van der Waals surface area contributed by atoms with Crippen LogP contribution in [0.4, 0.5) is 0 Å². The van der Waals surface area contributed by atoms with Gasteiger partial charge in [-0.3, -0.25) is 0 Å². The smallest absolute Gasteiger partial charge is 0.321 e.